The lowest BCUT2D eigenvalue weighted by atomic mass is 10.3. The van der Waals surface area contributed by atoms with Crippen molar-refractivity contribution in [3.05, 3.63) is 28.5 Å². The number of rotatable bonds is 2. The van der Waals surface area contributed by atoms with Crippen LogP contribution < -0.4 is 5.73 Å². The lowest BCUT2D eigenvalue weighted by Gasteiger charge is -2.11. The number of para-hydroxylation sites is 1. The van der Waals surface area contributed by atoms with Gasteiger partial charge in [0.1, 0.15) is 11.3 Å². The molecule has 0 aliphatic heterocycles. The first-order valence-corrected chi connectivity index (χ1v) is 5.80. The van der Waals surface area contributed by atoms with Crippen LogP contribution in [0, 0.1) is 0 Å². The van der Waals surface area contributed by atoms with Crippen molar-refractivity contribution in [2.75, 3.05) is 0 Å². The van der Waals surface area contributed by atoms with Crippen molar-refractivity contribution in [2.45, 2.75) is 26.4 Å². The van der Waals surface area contributed by atoms with E-state index in [0.717, 1.165) is 21.3 Å². The van der Waals surface area contributed by atoms with E-state index in [0.29, 0.717) is 12.6 Å². The second kappa shape index (κ2) is 3.94. The van der Waals surface area contributed by atoms with Crippen molar-refractivity contribution in [1.29, 1.82) is 0 Å². The molecule has 2 N–H and O–H groups in total. The van der Waals surface area contributed by atoms with Gasteiger partial charge in [0.2, 0.25) is 0 Å². The molecule has 3 nitrogen and oxygen atoms in total. The molecule has 2 rings (SSSR count). The Labute approximate surface area is 97.4 Å². The van der Waals surface area contributed by atoms with Gasteiger partial charge < -0.3 is 10.3 Å². The van der Waals surface area contributed by atoms with Crippen molar-refractivity contribution in [2.24, 2.45) is 5.73 Å². The normalized spacial score (nSPS) is 11.5. The summed E-state index contributed by atoms with van der Waals surface area (Å²) in [5.74, 6) is 0.937. The minimum atomic E-state index is 0.378. The molecule has 0 atom stereocenters. The van der Waals surface area contributed by atoms with Gasteiger partial charge in [0.15, 0.2) is 0 Å². The van der Waals surface area contributed by atoms with E-state index >= 15 is 0 Å². The number of nitrogens with zero attached hydrogens (tertiary/aromatic N) is 2. The number of halogens is 1. The van der Waals surface area contributed by atoms with E-state index < -0.39 is 0 Å². The number of fused-ring (bicyclic) bond motifs is 1. The van der Waals surface area contributed by atoms with Crippen LogP contribution in [0.4, 0.5) is 0 Å². The third-order valence-corrected chi connectivity index (χ3v) is 3.08. The van der Waals surface area contributed by atoms with Crippen LogP contribution in [0.25, 0.3) is 11.0 Å². The van der Waals surface area contributed by atoms with Crippen LogP contribution in [0.2, 0.25) is 0 Å². The minimum absolute atomic E-state index is 0.378. The topological polar surface area (TPSA) is 43.8 Å². The summed E-state index contributed by atoms with van der Waals surface area (Å²) < 4.78 is 3.20. The molecule has 0 aliphatic carbocycles. The molecule has 1 aromatic heterocycles. The zero-order valence-electron chi connectivity index (χ0n) is 8.87. The number of nitrogens with two attached hydrogens (primary N) is 1. The van der Waals surface area contributed by atoms with Crippen LogP contribution in [0.5, 0.6) is 0 Å². The molecule has 0 unspecified atom stereocenters. The first-order valence-electron chi connectivity index (χ1n) is 5.00. The number of aromatic nitrogens is 2. The van der Waals surface area contributed by atoms with E-state index in [9.17, 15) is 0 Å². The Morgan fingerprint density at radius 1 is 1.47 bits per heavy atom. The Morgan fingerprint density at radius 3 is 2.80 bits per heavy atom. The molecular formula is C11H14BrN3. The monoisotopic (exact) mass is 267 g/mol. The van der Waals surface area contributed by atoms with E-state index in [1.165, 1.54) is 0 Å². The molecule has 0 saturated heterocycles. The standard InChI is InChI=1S/C11H14BrN3/c1-7(2)15-9-5-3-4-8(12)11(9)14-10(15)6-13/h3-5,7H,6,13H2,1-2H3. The Kier molecular flexibility index (Phi) is 2.80. The maximum atomic E-state index is 5.70. The average Bonchev–Trinajstić information content (AvgIpc) is 2.57. The van der Waals surface area contributed by atoms with Gasteiger partial charge in [-0.05, 0) is 41.9 Å². The fraction of sp³-hybridized carbons (Fsp3) is 0.364. The van der Waals surface area contributed by atoms with Crippen LogP contribution in [-0.4, -0.2) is 9.55 Å². The van der Waals surface area contributed by atoms with E-state index in [-0.39, 0.29) is 0 Å². The van der Waals surface area contributed by atoms with Crippen LogP contribution >= 0.6 is 15.9 Å². The number of hydrogen-bond donors (Lipinski definition) is 1. The molecule has 4 heteroatoms. The molecule has 2 aromatic rings. The zero-order chi connectivity index (χ0) is 11.0. The first-order chi connectivity index (χ1) is 7.15. The Balaban J connectivity index is 2.80. The van der Waals surface area contributed by atoms with Crippen molar-refractivity contribution in [1.82, 2.24) is 9.55 Å². The van der Waals surface area contributed by atoms with Crippen molar-refractivity contribution in [3.63, 3.8) is 0 Å². The highest BCUT2D eigenvalue weighted by Crippen LogP contribution is 2.26. The van der Waals surface area contributed by atoms with Gasteiger partial charge in [-0.15, -0.1) is 0 Å². The van der Waals surface area contributed by atoms with Gasteiger partial charge in [-0.3, -0.25) is 0 Å². The van der Waals surface area contributed by atoms with Gasteiger partial charge in [0.05, 0.1) is 12.1 Å². The lowest BCUT2D eigenvalue weighted by Crippen LogP contribution is -2.10. The summed E-state index contributed by atoms with van der Waals surface area (Å²) in [4.78, 5) is 4.54. The van der Waals surface area contributed by atoms with Crippen LogP contribution in [0.3, 0.4) is 0 Å². The summed E-state index contributed by atoms with van der Waals surface area (Å²) >= 11 is 3.51. The second-order valence-electron chi connectivity index (χ2n) is 3.80. The smallest absolute Gasteiger partial charge is 0.123 e. The SMILES string of the molecule is CC(C)n1c(CN)nc2c(Br)cccc21. The van der Waals surface area contributed by atoms with Crippen molar-refractivity contribution < 1.29 is 0 Å². The quantitative estimate of drug-likeness (QED) is 0.910. The molecular weight excluding hydrogens is 254 g/mol. The predicted molar refractivity (Wildman–Crippen MR) is 65.7 cm³/mol. The zero-order valence-corrected chi connectivity index (χ0v) is 10.5. The second-order valence-corrected chi connectivity index (χ2v) is 4.66. The van der Waals surface area contributed by atoms with Crippen LogP contribution in [0.15, 0.2) is 22.7 Å². The van der Waals surface area contributed by atoms with Gasteiger partial charge in [0, 0.05) is 10.5 Å². The highest BCUT2D eigenvalue weighted by molar-refractivity contribution is 9.10. The van der Waals surface area contributed by atoms with Gasteiger partial charge in [0.25, 0.3) is 0 Å². The average molecular weight is 268 g/mol. The third kappa shape index (κ3) is 1.68. The van der Waals surface area contributed by atoms with E-state index in [4.69, 9.17) is 5.73 Å². The summed E-state index contributed by atoms with van der Waals surface area (Å²) in [6.45, 7) is 4.75. The largest absolute Gasteiger partial charge is 0.324 e. The molecule has 1 aromatic carbocycles. The molecule has 0 bridgehead atoms. The molecule has 0 saturated carbocycles. The molecule has 0 amide bonds. The molecule has 15 heavy (non-hydrogen) atoms. The Hall–Kier alpha value is -0.870. The highest BCUT2D eigenvalue weighted by Gasteiger charge is 2.13. The summed E-state index contributed by atoms with van der Waals surface area (Å²) in [6, 6.07) is 6.47. The molecule has 80 valence electrons. The fourth-order valence-corrected chi connectivity index (χ4v) is 2.30. The maximum Gasteiger partial charge on any atom is 0.123 e. The van der Waals surface area contributed by atoms with Gasteiger partial charge in [-0.2, -0.15) is 0 Å². The highest BCUT2D eigenvalue weighted by atomic mass is 79.9. The molecule has 0 fully saturated rings. The van der Waals surface area contributed by atoms with E-state index in [1.807, 2.05) is 12.1 Å². The van der Waals surface area contributed by atoms with Gasteiger partial charge in [-0.1, -0.05) is 6.07 Å². The fourth-order valence-electron chi connectivity index (χ4n) is 1.85. The van der Waals surface area contributed by atoms with Crippen LogP contribution in [-0.2, 0) is 6.54 Å². The maximum absolute atomic E-state index is 5.70. The summed E-state index contributed by atoms with van der Waals surface area (Å²) in [7, 11) is 0. The van der Waals surface area contributed by atoms with Crippen molar-refractivity contribution >= 4 is 27.0 Å². The van der Waals surface area contributed by atoms with Gasteiger partial charge >= 0.3 is 0 Å². The minimum Gasteiger partial charge on any atom is -0.324 e. The molecule has 0 spiro atoms. The Morgan fingerprint density at radius 2 is 2.20 bits per heavy atom. The van der Waals surface area contributed by atoms with Gasteiger partial charge in [-0.25, -0.2) is 4.98 Å². The van der Waals surface area contributed by atoms with E-state index in [1.54, 1.807) is 0 Å². The predicted octanol–water partition coefficient (Wildman–Crippen LogP) is 2.84. The van der Waals surface area contributed by atoms with Crippen molar-refractivity contribution in [3.8, 4) is 0 Å². The number of imidazole rings is 1. The Bertz CT molecular complexity index is 488. The molecule has 0 radical (unpaired) electrons. The number of hydrogen-bond acceptors (Lipinski definition) is 2. The summed E-state index contributed by atoms with van der Waals surface area (Å²) in [5.41, 5.74) is 7.83. The number of benzene rings is 1. The third-order valence-electron chi connectivity index (χ3n) is 2.44. The van der Waals surface area contributed by atoms with Crippen LogP contribution in [0.1, 0.15) is 25.7 Å². The lowest BCUT2D eigenvalue weighted by molar-refractivity contribution is 0.585. The summed E-state index contributed by atoms with van der Waals surface area (Å²) in [6.07, 6.45) is 0. The molecule has 0 aliphatic rings. The summed E-state index contributed by atoms with van der Waals surface area (Å²) in [5, 5.41) is 0. The first kappa shape index (κ1) is 10.6. The molecule has 1 heterocycles. The van der Waals surface area contributed by atoms with E-state index in [2.05, 4.69) is 45.4 Å².